The predicted molar refractivity (Wildman–Crippen MR) is 124 cm³/mol. The first-order chi connectivity index (χ1) is 17.3. The Labute approximate surface area is 210 Å². The number of aliphatic hydroxyl groups excluding tert-OH is 2. The molecule has 198 valence electrons. The minimum Gasteiger partial charge on any atom is -0.390 e. The van der Waals surface area contributed by atoms with E-state index >= 15 is 0 Å². The Balaban J connectivity index is 1.63. The molecule has 4 unspecified atom stereocenters. The fraction of sp³-hybridized carbons (Fsp3) is 0.333. The number of nitrogens with two attached hydrogens (primary N) is 1. The Hall–Kier alpha value is -3.26. The minimum absolute atomic E-state index is 0.0409. The van der Waals surface area contributed by atoms with E-state index in [1.807, 2.05) is 6.07 Å². The monoisotopic (exact) mass is 539 g/mol. The van der Waals surface area contributed by atoms with Gasteiger partial charge in [-0.2, -0.15) is 13.2 Å². The van der Waals surface area contributed by atoms with Crippen molar-refractivity contribution in [3.8, 4) is 0 Å². The Kier molecular flexibility index (Phi) is 7.16. The average molecular weight is 540 g/mol. The smallest absolute Gasteiger partial charge is 0.390 e. The molecule has 0 radical (unpaired) electrons. The normalized spacial score (nSPS) is 24.2. The molecule has 1 aliphatic carbocycles. The van der Waals surface area contributed by atoms with Gasteiger partial charge in [-0.3, -0.25) is 9.59 Å². The van der Waals surface area contributed by atoms with Crippen molar-refractivity contribution in [2.75, 3.05) is 0 Å². The molecule has 1 aliphatic heterocycles. The number of sulfonamides is 1. The van der Waals surface area contributed by atoms with Crippen LogP contribution in [0.15, 0.2) is 65.1 Å². The van der Waals surface area contributed by atoms with E-state index in [1.54, 1.807) is 18.2 Å². The number of alkyl halides is 3. The number of hydrogen-bond acceptors (Lipinski definition) is 6. The van der Waals surface area contributed by atoms with Crippen molar-refractivity contribution in [1.82, 2.24) is 9.62 Å². The summed E-state index contributed by atoms with van der Waals surface area (Å²) in [5.74, 6) is -1.44. The Bertz CT molecular complexity index is 1360. The quantitative estimate of drug-likeness (QED) is 0.442. The molecule has 2 aromatic rings. The topological polar surface area (TPSA) is 150 Å². The molecule has 0 spiro atoms. The van der Waals surface area contributed by atoms with Gasteiger partial charge in [0, 0.05) is 25.0 Å². The van der Waals surface area contributed by atoms with Gasteiger partial charge in [-0.25, -0.2) is 13.1 Å². The summed E-state index contributed by atoms with van der Waals surface area (Å²) >= 11 is 0. The van der Waals surface area contributed by atoms with Gasteiger partial charge in [-0.05, 0) is 29.3 Å². The van der Waals surface area contributed by atoms with Crippen LogP contribution in [-0.4, -0.2) is 59.6 Å². The lowest BCUT2D eigenvalue weighted by Gasteiger charge is -2.38. The third-order valence-electron chi connectivity index (χ3n) is 6.45. The zero-order valence-electron chi connectivity index (χ0n) is 19.2. The fourth-order valence-electron chi connectivity index (χ4n) is 4.49. The van der Waals surface area contributed by atoms with Crippen LogP contribution in [0.25, 0.3) is 0 Å². The second-order valence-electron chi connectivity index (χ2n) is 8.95. The molecule has 2 amide bonds. The molecule has 2 aromatic carbocycles. The number of carbonyl (C=O) groups excluding carboxylic acids is 2. The van der Waals surface area contributed by atoms with Crippen LogP contribution in [0.1, 0.15) is 23.1 Å². The van der Waals surface area contributed by atoms with Crippen LogP contribution < -0.4 is 10.5 Å². The molecule has 0 saturated heterocycles. The number of rotatable bonds is 5. The summed E-state index contributed by atoms with van der Waals surface area (Å²) in [6, 6.07) is 7.64. The highest BCUT2D eigenvalue weighted by Crippen LogP contribution is 2.31. The van der Waals surface area contributed by atoms with Gasteiger partial charge >= 0.3 is 6.18 Å². The Morgan fingerprint density at radius 3 is 2.35 bits per heavy atom. The van der Waals surface area contributed by atoms with Crippen molar-refractivity contribution in [2.24, 2.45) is 5.73 Å². The molecule has 2 aliphatic rings. The molecule has 0 fully saturated rings. The lowest BCUT2D eigenvalue weighted by Crippen LogP contribution is -2.54. The second-order valence-corrected chi connectivity index (χ2v) is 10.7. The highest BCUT2D eigenvalue weighted by atomic mass is 32.2. The van der Waals surface area contributed by atoms with Gasteiger partial charge in [0.15, 0.2) is 0 Å². The van der Waals surface area contributed by atoms with Crippen LogP contribution in [0.5, 0.6) is 0 Å². The standard InChI is InChI=1S/C24H24F3N3O6S/c25-24(26,27)16-6-3-7-17(11-16)37(35,36)29-18-8-15(10-20(31)21(18)32)23(34)30-12-14-5-2-1-4-13(14)9-19(30)22(28)33/h1-8,11,18-21,29,31-32H,9-10,12H2,(H2,28,33). The number of hydrogen-bond donors (Lipinski definition) is 4. The van der Waals surface area contributed by atoms with E-state index in [9.17, 15) is 41.4 Å². The summed E-state index contributed by atoms with van der Waals surface area (Å²) in [5, 5.41) is 20.8. The Morgan fingerprint density at radius 1 is 1.03 bits per heavy atom. The number of aliphatic hydroxyl groups is 2. The van der Waals surface area contributed by atoms with Gasteiger partial charge in [-0.1, -0.05) is 36.4 Å². The van der Waals surface area contributed by atoms with E-state index in [1.165, 1.54) is 4.90 Å². The van der Waals surface area contributed by atoms with E-state index < -0.39 is 62.8 Å². The van der Waals surface area contributed by atoms with Crippen molar-refractivity contribution in [3.05, 3.63) is 76.9 Å². The number of primary amides is 1. The molecule has 13 heteroatoms. The highest BCUT2D eigenvalue weighted by molar-refractivity contribution is 7.89. The molecule has 1 heterocycles. The molecular formula is C24H24F3N3O6S. The molecule has 4 atom stereocenters. The summed E-state index contributed by atoms with van der Waals surface area (Å²) in [6.07, 6.45) is -7.11. The second kappa shape index (κ2) is 9.89. The summed E-state index contributed by atoms with van der Waals surface area (Å²) in [4.78, 5) is 26.1. The lowest BCUT2D eigenvalue weighted by atomic mass is 9.88. The van der Waals surface area contributed by atoms with E-state index in [0.29, 0.717) is 12.1 Å². The van der Waals surface area contributed by atoms with Crippen molar-refractivity contribution < 1.29 is 41.4 Å². The van der Waals surface area contributed by atoms with E-state index in [4.69, 9.17) is 5.73 Å². The van der Waals surface area contributed by atoms with Crippen LogP contribution in [0, 0.1) is 0 Å². The van der Waals surface area contributed by atoms with Gasteiger partial charge in [0.1, 0.15) is 12.1 Å². The summed E-state index contributed by atoms with van der Waals surface area (Å²) in [6.45, 7) is 0.0409. The number of carbonyl (C=O) groups is 2. The molecule has 9 nitrogen and oxygen atoms in total. The van der Waals surface area contributed by atoms with Crippen LogP contribution in [0.3, 0.4) is 0 Å². The van der Waals surface area contributed by atoms with E-state index in [-0.39, 0.29) is 25.0 Å². The van der Waals surface area contributed by atoms with Crippen molar-refractivity contribution in [3.63, 3.8) is 0 Å². The largest absolute Gasteiger partial charge is 0.416 e. The summed E-state index contributed by atoms with van der Waals surface area (Å²) < 4.78 is 66.9. The van der Waals surface area contributed by atoms with Crippen molar-refractivity contribution >= 4 is 21.8 Å². The highest BCUT2D eigenvalue weighted by Gasteiger charge is 2.40. The number of halogens is 3. The molecule has 0 bridgehead atoms. The van der Waals surface area contributed by atoms with Crippen molar-refractivity contribution in [2.45, 2.75) is 54.7 Å². The molecule has 4 rings (SSSR count). The zero-order valence-corrected chi connectivity index (χ0v) is 20.0. The minimum atomic E-state index is -4.78. The maximum Gasteiger partial charge on any atom is 0.416 e. The molecule has 37 heavy (non-hydrogen) atoms. The van der Waals surface area contributed by atoms with Gasteiger partial charge in [0.05, 0.1) is 22.6 Å². The summed E-state index contributed by atoms with van der Waals surface area (Å²) in [5.41, 5.74) is 5.89. The molecule has 5 N–H and O–H groups in total. The first-order valence-electron chi connectivity index (χ1n) is 11.2. The third kappa shape index (κ3) is 5.54. The van der Waals surface area contributed by atoms with Gasteiger partial charge in [0.25, 0.3) is 5.91 Å². The zero-order chi connectivity index (χ0) is 27.1. The van der Waals surface area contributed by atoms with Crippen LogP contribution in [0.2, 0.25) is 0 Å². The van der Waals surface area contributed by atoms with Gasteiger partial charge in [0.2, 0.25) is 15.9 Å². The summed E-state index contributed by atoms with van der Waals surface area (Å²) in [7, 11) is -4.60. The van der Waals surface area contributed by atoms with Crippen LogP contribution >= 0.6 is 0 Å². The van der Waals surface area contributed by atoms with E-state index in [2.05, 4.69) is 4.72 Å². The first-order valence-corrected chi connectivity index (χ1v) is 12.7. The maximum atomic E-state index is 13.4. The molecule has 0 saturated carbocycles. The van der Waals surface area contributed by atoms with Crippen molar-refractivity contribution in [1.29, 1.82) is 0 Å². The SMILES string of the molecule is NC(=O)C1Cc2ccccc2CN1C(=O)C1=CC(NS(=O)(=O)c2cccc(C(F)(F)F)c2)C(O)C(O)C1. The Morgan fingerprint density at radius 2 is 1.70 bits per heavy atom. The third-order valence-corrected chi connectivity index (χ3v) is 7.90. The average Bonchev–Trinajstić information content (AvgIpc) is 2.84. The number of amides is 2. The first kappa shape index (κ1) is 26.8. The fourth-order valence-corrected chi connectivity index (χ4v) is 5.73. The van der Waals surface area contributed by atoms with Gasteiger partial charge < -0.3 is 20.8 Å². The van der Waals surface area contributed by atoms with E-state index in [0.717, 1.165) is 29.3 Å². The van der Waals surface area contributed by atoms with Crippen LogP contribution in [-0.2, 0) is 38.8 Å². The lowest BCUT2D eigenvalue weighted by molar-refractivity contribution is -0.138. The molecular weight excluding hydrogens is 515 g/mol. The predicted octanol–water partition coefficient (Wildman–Crippen LogP) is 0.843. The number of benzene rings is 2. The maximum absolute atomic E-state index is 13.4. The van der Waals surface area contributed by atoms with Gasteiger partial charge in [-0.15, -0.1) is 0 Å². The number of fused-ring (bicyclic) bond motifs is 1. The number of nitrogens with one attached hydrogen (secondary N) is 1. The number of nitrogens with zero attached hydrogens (tertiary/aromatic N) is 1. The van der Waals surface area contributed by atoms with Crippen LogP contribution in [0.4, 0.5) is 13.2 Å². The molecule has 0 aromatic heterocycles.